The number of anilines is 1. The van der Waals surface area contributed by atoms with Crippen LogP contribution in [0.25, 0.3) is 10.7 Å². The van der Waals surface area contributed by atoms with E-state index in [2.05, 4.69) is 16.1 Å². The fourth-order valence-electron chi connectivity index (χ4n) is 2.10. The van der Waals surface area contributed by atoms with E-state index in [-0.39, 0.29) is 0 Å². The van der Waals surface area contributed by atoms with E-state index in [0.717, 1.165) is 10.7 Å². The molecule has 2 aromatic heterocycles. The van der Waals surface area contributed by atoms with Gasteiger partial charge in [-0.2, -0.15) is 4.98 Å². The molecule has 0 saturated heterocycles. The predicted octanol–water partition coefficient (Wildman–Crippen LogP) is 2.00. The highest BCUT2D eigenvalue weighted by atomic mass is 32.1. The lowest BCUT2D eigenvalue weighted by molar-refractivity contribution is 0.697. The van der Waals surface area contributed by atoms with Gasteiger partial charge in [0.05, 0.1) is 4.88 Å². The first-order valence-corrected chi connectivity index (χ1v) is 6.34. The summed E-state index contributed by atoms with van der Waals surface area (Å²) >= 11 is 1.82. The molecule has 0 amide bonds. The second-order valence-electron chi connectivity index (χ2n) is 4.18. The van der Waals surface area contributed by atoms with Gasteiger partial charge in [0.25, 0.3) is 0 Å². The second kappa shape index (κ2) is 3.59. The molecular weight excluding hydrogens is 220 g/mol. The third-order valence-corrected chi connectivity index (χ3v) is 4.25. The molecule has 2 aromatic rings. The van der Waals surface area contributed by atoms with Crippen molar-refractivity contribution in [1.29, 1.82) is 0 Å². The van der Waals surface area contributed by atoms with Crippen molar-refractivity contribution in [1.82, 2.24) is 14.8 Å². The number of nitrogens with two attached hydrogens (primary N) is 1. The number of hydrogen-bond donors (Lipinski definition) is 1. The number of nitrogens with zero attached hydrogens (tertiary/aromatic N) is 3. The largest absolute Gasteiger partial charge is 0.368 e. The summed E-state index contributed by atoms with van der Waals surface area (Å²) in [6, 6.07) is 2.23. The Balaban J connectivity index is 2.03. The van der Waals surface area contributed by atoms with Crippen LogP contribution in [0.15, 0.2) is 6.07 Å². The molecule has 0 spiro atoms. The van der Waals surface area contributed by atoms with Crippen molar-refractivity contribution in [2.45, 2.75) is 25.7 Å². The summed E-state index contributed by atoms with van der Waals surface area (Å²) < 4.78 is 1.62. The molecule has 0 radical (unpaired) electrons. The van der Waals surface area contributed by atoms with Gasteiger partial charge in [-0.05, 0) is 37.3 Å². The van der Waals surface area contributed by atoms with Gasteiger partial charge in [0, 0.05) is 11.9 Å². The summed E-state index contributed by atoms with van der Waals surface area (Å²) in [6.45, 7) is 0. The molecule has 84 valence electrons. The summed E-state index contributed by atoms with van der Waals surface area (Å²) in [5, 5.41) is 4.31. The van der Waals surface area contributed by atoms with Crippen molar-refractivity contribution in [2.75, 3.05) is 5.73 Å². The Morgan fingerprint density at radius 3 is 2.88 bits per heavy atom. The first-order chi connectivity index (χ1) is 7.74. The molecular formula is C11H14N4S. The van der Waals surface area contributed by atoms with E-state index in [1.54, 1.807) is 4.68 Å². The number of hydrogen-bond acceptors (Lipinski definition) is 4. The van der Waals surface area contributed by atoms with E-state index in [1.807, 2.05) is 18.4 Å². The lowest BCUT2D eigenvalue weighted by Gasteiger charge is -2.08. The van der Waals surface area contributed by atoms with Crippen molar-refractivity contribution in [3.63, 3.8) is 0 Å². The van der Waals surface area contributed by atoms with Crippen LogP contribution in [0, 0.1) is 0 Å². The second-order valence-corrected chi connectivity index (χ2v) is 5.32. The Kier molecular flexibility index (Phi) is 2.21. The lowest BCUT2D eigenvalue weighted by atomic mass is 9.99. The van der Waals surface area contributed by atoms with Crippen LogP contribution in [-0.4, -0.2) is 14.8 Å². The average molecular weight is 234 g/mol. The molecule has 4 nitrogen and oxygen atoms in total. The monoisotopic (exact) mass is 234 g/mol. The maximum Gasteiger partial charge on any atom is 0.218 e. The molecule has 5 heteroatoms. The number of aryl methyl sites for hydroxylation is 3. The highest BCUT2D eigenvalue weighted by Gasteiger charge is 2.16. The molecule has 0 bridgehead atoms. The molecule has 2 N–H and O–H groups in total. The van der Waals surface area contributed by atoms with E-state index >= 15 is 0 Å². The third kappa shape index (κ3) is 1.51. The average Bonchev–Trinajstić information content (AvgIpc) is 2.83. The SMILES string of the molecule is Cn1nc(-c2cc3c(s2)CCCC3)nc1N. The van der Waals surface area contributed by atoms with Gasteiger partial charge in [0.2, 0.25) is 5.95 Å². The predicted molar refractivity (Wildman–Crippen MR) is 65.4 cm³/mol. The molecule has 16 heavy (non-hydrogen) atoms. The van der Waals surface area contributed by atoms with E-state index < -0.39 is 0 Å². The first kappa shape index (κ1) is 9.84. The summed E-state index contributed by atoms with van der Waals surface area (Å²) in [6.07, 6.45) is 5.03. The quantitative estimate of drug-likeness (QED) is 0.821. The maximum absolute atomic E-state index is 5.69. The topological polar surface area (TPSA) is 56.7 Å². The number of thiophene rings is 1. The normalized spacial score (nSPS) is 15.1. The fourth-order valence-corrected chi connectivity index (χ4v) is 3.28. The molecule has 2 heterocycles. The smallest absolute Gasteiger partial charge is 0.218 e. The van der Waals surface area contributed by atoms with Crippen LogP contribution in [-0.2, 0) is 19.9 Å². The molecule has 1 aliphatic rings. The summed E-state index contributed by atoms with van der Waals surface area (Å²) in [5.74, 6) is 1.24. The number of fused-ring (bicyclic) bond motifs is 1. The Morgan fingerprint density at radius 1 is 1.38 bits per heavy atom. The highest BCUT2D eigenvalue weighted by molar-refractivity contribution is 7.15. The number of rotatable bonds is 1. The summed E-state index contributed by atoms with van der Waals surface area (Å²) in [7, 11) is 1.82. The van der Waals surface area contributed by atoms with Crippen molar-refractivity contribution < 1.29 is 0 Å². The van der Waals surface area contributed by atoms with Crippen LogP contribution in [0.4, 0.5) is 5.95 Å². The van der Waals surface area contributed by atoms with Gasteiger partial charge < -0.3 is 5.73 Å². The standard InChI is InChI=1S/C11H14N4S/c1-15-11(12)13-10(14-15)9-6-7-4-2-3-5-8(7)16-9/h6H,2-5H2,1H3,(H2,12,13,14). The van der Waals surface area contributed by atoms with Crippen LogP contribution >= 0.6 is 11.3 Å². The molecule has 0 unspecified atom stereocenters. The van der Waals surface area contributed by atoms with Gasteiger partial charge >= 0.3 is 0 Å². The minimum atomic E-state index is 0.473. The van der Waals surface area contributed by atoms with Gasteiger partial charge in [-0.15, -0.1) is 16.4 Å². The summed E-state index contributed by atoms with van der Waals surface area (Å²) in [5.41, 5.74) is 7.18. The van der Waals surface area contributed by atoms with E-state index in [0.29, 0.717) is 5.95 Å². The van der Waals surface area contributed by atoms with Gasteiger partial charge in [0.15, 0.2) is 5.82 Å². The van der Waals surface area contributed by atoms with Gasteiger partial charge in [0.1, 0.15) is 0 Å². The molecule has 0 atom stereocenters. The fraction of sp³-hybridized carbons (Fsp3) is 0.455. The minimum Gasteiger partial charge on any atom is -0.368 e. The van der Waals surface area contributed by atoms with Crippen LogP contribution < -0.4 is 5.73 Å². The summed E-state index contributed by atoms with van der Waals surface area (Å²) in [4.78, 5) is 6.92. The van der Waals surface area contributed by atoms with Crippen LogP contribution in [0.3, 0.4) is 0 Å². The minimum absolute atomic E-state index is 0.473. The molecule has 0 fully saturated rings. The highest BCUT2D eigenvalue weighted by Crippen LogP contribution is 2.34. The molecule has 0 aromatic carbocycles. The van der Waals surface area contributed by atoms with E-state index in [9.17, 15) is 0 Å². The third-order valence-electron chi connectivity index (χ3n) is 3.01. The molecule has 1 aliphatic carbocycles. The maximum atomic E-state index is 5.69. The zero-order chi connectivity index (χ0) is 11.1. The molecule has 0 saturated carbocycles. The van der Waals surface area contributed by atoms with Crippen LogP contribution in [0.2, 0.25) is 0 Å². The van der Waals surface area contributed by atoms with Crippen LogP contribution in [0.1, 0.15) is 23.3 Å². The van der Waals surface area contributed by atoms with Gasteiger partial charge in [-0.3, -0.25) is 0 Å². The lowest BCUT2D eigenvalue weighted by Crippen LogP contribution is -1.97. The Labute approximate surface area is 98.1 Å². The van der Waals surface area contributed by atoms with Crippen LogP contribution in [0.5, 0.6) is 0 Å². The van der Waals surface area contributed by atoms with Crippen molar-refractivity contribution >= 4 is 17.3 Å². The number of aromatic nitrogens is 3. The van der Waals surface area contributed by atoms with Crippen molar-refractivity contribution in [3.05, 3.63) is 16.5 Å². The Bertz CT molecular complexity index is 483. The zero-order valence-corrected chi connectivity index (χ0v) is 10.0. The van der Waals surface area contributed by atoms with Gasteiger partial charge in [-0.1, -0.05) is 0 Å². The van der Waals surface area contributed by atoms with E-state index in [1.165, 1.54) is 36.1 Å². The Hall–Kier alpha value is -1.36. The number of nitrogen functional groups attached to an aromatic ring is 1. The van der Waals surface area contributed by atoms with Crippen molar-refractivity contribution in [2.24, 2.45) is 7.05 Å². The molecule has 0 aliphatic heterocycles. The molecule has 3 rings (SSSR count). The van der Waals surface area contributed by atoms with Gasteiger partial charge in [-0.25, -0.2) is 4.68 Å². The first-order valence-electron chi connectivity index (χ1n) is 5.52. The van der Waals surface area contributed by atoms with E-state index in [4.69, 9.17) is 5.73 Å². The Morgan fingerprint density at radius 2 is 2.19 bits per heavy atom. The van der Waals surface area contributed by atoms with Crippen molar-refractivity contribution in [3.8, 4) is 10.7 Å². The zero-order valence-electron chi connectivity index (χ0n) is 9.23.